The van der Waals surface area contributed by atoms with E-state index in [0.29, 0.717) is 29.5 Å². The van der Waals surface area contributed by atoms with E-state index in [0.717, 1.165) is 42.9 Å². The van der Waals surface area contributed by atoms with E-state index in [1.165, 1.54) is 13.2 Å². The highest BCUT2D eigenvalue weighted by Gasteiger charge is 2.22. The summed E-state index contributed by atoms with van der Waals surface area (Å²) in [4.78, 5) is 17.8. The second-order valence-corrected chi connectivity index (χ2v) is 6.97. The van der Waals surface area contributed by atoms with Gasteiger partial charge in [-0.3, -0.25) is 9.88 Å². The van der Waals surface area contributed by atoms with Crippen LogP contribution in [0.2, 0.25) is 0 Å². The molecule has 8 heteroatoms. The molecule has 3 heterocycles. The third kappa shape index (κ3) is 3.68. The molecule has 1 aliphatic heterocycles. The number of nitrogen functional groups attached to an aromatic ring is 1. The van der Waals surface area contributed by atoms with E-state index in [9.17, 15) is 4.39 Å². The van der Waals surface area contributed by atoms with Crippen LogP contribution in [0.25, 0.3) is 11.0 Å². The number of fused-ring (bicyclic) bond motifs is 1. The molecular weight excluding hydrogens is 359 g/mol. The summed E-state index contributed by atoms with van der Waals surface area (Å²) in [6, 6.07) is 6.87. The average Bonchev–Trinajstić information content (AvgIpc) is 2.69. The minimum absolute atomic E-state index is 0.241. The van der Waals surface area contributed by atoms with E-state index in [1.807, 2.05) is 13.0 Å². The summed E-state index contributed by atoms with van der Waals surface area (Å²) in [5, 5.41) is 0. The van der Waals surface area contributed by atoms with Crippen LogP contribution < -0.4 is 15.4 Å². The Labute approximate surface area is 163 Å². The van der Waals surface area contributed by atoms with Crippen molar-refractivity contribution in [3.8, 4) is 5.75 Å². The fourth-order valence-electron chi connectivity index (χ4n) is 3.44. The number of aryl methyl sites for hydroxylation is 1. The molecule has 28 heavy (non-hydrogen) atoms. The lowest BCUT2D eigenvalue weighted by Crippen LogP contribution is -2.46. The Morgan fingerprint density at radius 2 is 1.89 bits per heavy atom. The molecule has 2 N–H and O–H groups in total. The smallest absolute Gasteiger partial charge is 0.172 e. The van der Waals surface area contributed by atoms with Gasteiger partial charge < -0.3 is 15.4 Å². The van der Waals surface area contributed by atoms with Crippen LogP contribution in [-0.4, -0.2) is 53.1 Å². The van der Waals surface area contributed by atoms with Crippen LogP contribution in [0.5, 0.6) is 5.75 Å². The molecule has 3 aromatic rings. The van der Waals surface area contributed by atoms with Gasteiger partial charge in [0, 0.05) is 50.0 Å². The molecule has 0 spiro atoms. The van der Waals surface area contributed by atoms with Gasteiger partial charge in [-0.2, -0.15) is 0 Å². The highest BCUT2D eigenvalue weighted by molar-refractivity contribution is 5.79. The number of ether oxygens (including phenoxy) is 1. The largest absolute Gasteiger partial charge is 0.497 e. The third-order valence-corrected chi connectivity index (χ3v) is 5.02. The van der Waals surface area contributed by atoms with Crippen LogP contribution in [0.3, 0.4) is 0 Å². The van der Waals surface area contributed by atoms with Crippen LogP contribution in [-0.2, 0) is 6.54 Å². The number of pyridine rings is 1. The van der Waals surface area contributed by atoms with E-state index in [4.69, 9.17) is 10.5 Å². The number of piperazine rings is 1. The number of hydrogen-bond acceptors (Lipinski definition) is 7. The number of nitrogens with zero attached hydrogens (tertiary/aromatic N) is 5. The third-order valence-electron chi connectivity index (χ3n) is 5.02. The van der Waals surface area contributed by atoms with E-state index in [-0.39, 0.29) is 5.82 Å². The molecule has 0 unspecified atom stereocenters. The lowest BCUT2D eigenvalue weighted by atomic mass is 10.1. The molecule has 0 aliphatic carbocycles. The highest BCUT2D eigenvalue weighted by atomic mass is 19.1. The fraction of sp³-hybridized carbons (Fsp3) is 0.350. The Morgan fingerprint density at radius 1 is 1.11 bits per heavy atom. The first kappa shape index (κ1) is 18.4. The SMILES string of the molecule is COc1ccc(CN2CCN(c3nc4cnc(C)cc4nc3N)CC2)c(F)c1. The van der Waals surface area contributed by atoms with Crippen LogP contribution in [0.1, 0.15) is 11.3 Å². The predicted octanol–water partition coefficient (Wildman–Crippen LogP) is 2.39. The topological polar surface area (TPSA) is 80.4 Å². The Kier molecular flexibility index (Phi) is 4.95. The van der Waals surface area contributed by atoms with Crippen molar-refractivity contribution in [2.45, 2.75) is 13.5 Å². The number of anilines is 2. The van der Waals surface area contributed by atoms with Crippen molar-refractivity contribution in [1.82, 2.24) is 19.9 Å². The molecular formula is C20H23FN6O. The van der Waals surface area contributed by atoms with Crippen molar-refractivity contribution in [1.29, 1.82) is 0 Å². The normalized spacial score (nSPS) is 15.2. The van der Waals surface area contributed by atoms with Gasteiger partial charge >= 0.3 is 0 Å². The zero-order chi connectivity index (χ0) is 19.7. The Balaban J connectivity index is 1.45. The molecule has 1 fully saturated rings. The first-order valence-corrected chi connectivity index (χ1v) is 9.23. The lowest BCUT2D eigenvalue weighted by molar-refractivity contribution is 0.246. The molecule has 4 rings (SSSR count). The van der Waals surface area contributed by atoms with Crippen LogP contribution in [0.15, 0.2) is 30.5 Å². The van der Waals surface area contributed by atoms with Crippen molar-refractivity contribution in [2.24, 2.45) is 0 Å². The number of methoxy groups -OCH3 is 1. The van der Waals surface area contributed by atoms with Crippen molar-refractivity contribution >= 4 is 22.7 Å². The molecule has 1 saturated heterocycles. The number of aromatic nitrogens is 3. The van der Waals surface area contributed by atoms with Gasteiger partial charge in [0.05, 0.1) is 18.8 Å². The lowest BCUT2D eigenvalue weighted by Gasteiger charge is -2.35. The minimum Gasteiger partial charge on any atom is -0.497 e. The summed E-state index contributed by atoms with van der Waals surface area (Å²) in [5.74, 6) is 1.40. The van der Waals surface area contributed by atoms with Gasteiger partial charge in [-0.1, -0.05) is 6.07 Å². The second kappa shape index (κ2) is 7.55. The predicted molar refractivity (Wildman–Crippen MR) is 107 cm³/mol. The summed E-state index contributed by atoms with van der Waals surface area (Å²) < 4.78 is 19.3. The molecule has 146 valence electrons. The summed E-state index contributed by atoms with van der Waals surface area (Å²) in [6.07, 6.45) is 1.73. The van der Waals surface area contributed by atoms with Gasteiger partial charge in [0.1, 0.15) is 17.1 Å². The fourth-order valence-corrected chi connectivity index (χ4v) is 3.44. The van der Waals surface area contributed by atoms with Gasteiger partial charge in [-0.25, -0.2) is 14.4 Å². The molecule has 1 aliphatic rings. The van der Waals surface area contributed by atoms with Crippen molar-refractivity contribution in [3.63, 3.8) is 0 Å². The molecule has 0 saturated carbocycles. The highest BCUT2D eigenvalue weighted by Crippen LogP contribution is 2.24. The summed E-state index contributed by atoms with van der Waals surface area (Å²) in [5.41, 5.74) is 9.20. The average molecular weight is 382 g/mol. The van der Waals surface area contributed by atoms with Crippen molar-refractivity contribution < 1.29 is 9.13 Å². The molecule has 0 atom stereocenters. The van der Waals surface area contributed by atoms with Crippen LogP contribution in [0.4, 0.5) is 16.0 Å². The number of rotatable bonds is 4. The summed E-state index contributed by atoms with van der Waals surface area (Å²) >= 11 is 0. The first-order chi connectivity index (χ1) is 13.5. The molecule has 2 aromatic heterocycles. The maximum atomic E-state index is 14.2. The van der Waals surface area contributed by atoms with E-state index in [2.05, 4.69) is 24.8 Å². The van der Waals surface area contributed by atoms with Gasteiger partial charge in [0.2, 0.25) is 0 Å². The monoisotopic (exact) mass is 382 g/mol. The summed E-state index contributed by atoms with van der Waals surface area (Å²) in [7, 11) is 1.53. The zero-order valence-corrected chi connectivity index (χ0v) is 16.0. The van der Waals surface area contributed by atoms with Gasteiger partial charge in [0.15, 0.2) is 11.6 Å². The maximum absolute atomic E-state index is 14.2. The van der Waals surface area contributed by atoms with E-state index in [1.54, 1.807) is 18.3 Å². The first-order valence-electron chi connectivity index (χ1n) is 9.23. The van der Waals surface area contributed by atoms with Gasteiger partial charge in [0.25, 0.3) is 0 Å². The van der Waals surface area contributed by atoms with Crippen molar-refractivity contribution in [3.05, 3.63) is 47.5 Å². The van der Waals surface area contributed by atoms with Crippen LogP contribution >= 0.6 is 0 Å². The second-order valence-electron chi connectivity index (χ2n) is 6.97. The summed E-state index contributed by atoms with van der Waals surface area (Å²) in [6.45, 7) is 5.55. The standard InChI is InChI=1S/C20H23FN6O/c1-13-9-17-18(11-23-13)25-20(19(22)24-17)27-7-5-26(6-8-27)12-14-3-4-15(28-2)10-16(14)21/h3-4,9-11H,5-8,12H2,1-2H3,(H2,22,24). The Morgan fingerprint density at radius 3 is 2.61 bits per heavy atom. The number of benzene rings is 1. The molecule has 7 nitrogen and oxygen atoms in total. The Hall–Kier alpha value is -3.00. The number of nitrogens with two attached hydrogens (primary N) is 1. The Bertz CT molecular complexity index is 1000. The quantitative estimate of drug-likeness (QED) is 0.742. The van der Waals surface area contributed by atoms with E-state index < -0.39 is 0 Å². The number of hydrogen-bond donors (Lipinski definition) is 1. The molecule has 0 radical (unpaired) electrons. The minimum atomic E-state index is -0.241. The molecule has 0 amide bonds. The van der Waals surface area contributed by atoms with Crippen LogP contribution in [0, 0.1) is 12.7 Å². The van der Waals surface area contributed by atoms with Crippen molar-refractivity contribution in [2.75, 3.05) is 43.9 Å². The molecule has 0 bridgehead atoms. The van der Waals surface area contributed by atoms with Gasteiger partial charge in [-0.15, -0.1) is 0 Å². The molecule has 1 aromatic carbocycles. The number of halogens is 1. The maximum Gasteiger partial charge on any atom is 0.172 e. The zero-order valence-electron chi connectivity index (χ0n) is 16.0. The van der Waals surface area contributed by atoms with E-state index >= 15 is 0 Å². The van der Waals surface area contributed by atoms with Gasteiger partial charge in [-0.05, 0) is 19.1 Å².